The molecule has 0 spiro atoms. The second-order valence-electron chi connectivity index (χ2n) is 15.8. The number of ether oxygens (including phenoxy) is 3. The molecule has 4 fully saturated rings. The number of hydrogen-bond acceptors (Lipinski definition) is 13. The maximum Gasteiger partial charge on any atom is 1.00 e. The van der Waals surface area contributed by atoms with Gasteiger partial charge in [0.1, 0.15) is 24.4 Å². The molecule has 0 aromatic rings. The van der Waals surface area contributed by atoms with Crippen molar-refractivity contribution in [3.63, 3.8) is 0 Å². The number of hydrogen-bond donors (Lipinski definition) is 6. The van der Waals surface area contributed by atoms with Crippen molar-refractivity contribution in [2.75, 3.05) is 20.3 Å². The molecule has 0 amide bonds. The molecule has 0 bridgehead atoms. The molecule has 5 aliphatic rings. The van der Waals surface area contributed by atoms with Crippen LogP contribution in [0.3, 0.4) is 0 Å². The van der Waals surface area contributed by atoms with Crippen LogP contribution in [-0.2, 0) is 28.8 Å². The van der Waals surface area contributed by atoms with Gasteiger partial charge in [0, 0.05) is 32.0 Å². The summed E-state index contributed by atoms with van der Waals surface area (Å²) in [6.07, 6.45) is -1.36. The van der Waals surface area contributed by atoms with Gasteiger partial charge in [0.05, 0.1) is 30.5 Å². The van der Waals surface area contributed by atoms with Crippen molar-refractivity contribution in [2.24, 2.45) is 46.3 Å². The number of rotatable bonds is 10. The minimum atomic E-state index is -5.28. The van der Waals surface area contributed by atoms with Crippen molar-refractivity contribution in [1.82, 2.24) is 0 Å². The summed E-state index contributed by atoms with van der Waals surface area (Å²) in [4.78, 5) is 0. The molecular weight excluding hydrogens is 671 g/mol. The standard InChI is InChI=1S/C34H56O13S.Na/c1-17(2)19(15-35)8-7-18(3)25-27(39)28(47-48(41,42)43)30-33(25,5)12-10-24-32(4)11-9-20(13-21(32)22(36)14-34(24,30)40)46-31-29(44-6)26(38)23(37)16-45-31;/h7-8,13,17-20,22-31,35-40H,9-12,14-16H2,1-6H3,(H,41,42,43);/q;+1/p-1/b8-7-;/t18-,19?,20+,22?,23-,24?,25+,26+,27-,28+,29-,30?,31+,32?,33?,34?;/m1./s1. The Morgan fingerprint density at radius 2 is 1.73 bits per heavy atom. The van der Waals surface area contributed by atoms with Gasteiger partial charge in [0.15, 0.2) is 6.29 Å². The summed E-state index contributed by atoms with van der Waals surface area (Å²) in [6, 6.07) is 0. The Balaban J connectivity index is 0.00000541. The number of allylic oxidation sites excluding steroid dienone is 1. The zero-order valence-electron chi connectivity index (χ0n) is 29.7. The Labute approximate surface area is 312 Å². The average Bonchev–Trinajstić information content (AvgIpc) is 3.20. The van der Waals surface area contributed by atoms with Crippen molar-refractivity contribution in [3.05, 3.63) is 23.8 Å². The summed E-state index contributed by atoms with van der Waals surface area (Å²) in [5, 5.41) is 66.6. The maximum atomic E-state index is 12.8. The first kappa shape index (κ1) is 41.7. The van der Waals surface area contributed by atoms with Crippen LogP contribution in [0.15, 0.2) is 23.8 Å². The first-order valence-corrected chi connectivity index (χ1v) is 18.6. The molecule has 3 saturated carbocycles. The van der Waals surface area contributed by atoms with Crippen molar-refractivity contribution >= 4 is 10.4 Å². The van der Waals surface area contributed by atoms with Crippen LogP contribution in [0, 0.1) is 46.3 Å². The molecule has 13 nitrogen and oxygen atoms in total. The van der Waals surface area contributed by atoms with E-state index >= 15 is 0 Å². The van der Waals surface area contributed by atoms with Gasteiger partial charge in [-0.25, -0.2) is 8.42 Å². The first-order valence-electron chi connectivity index (χ1n) is 17.2. The van der Waals surface area contributed by atoms with Gasteiger partial charge in [-0.15, -0.1) is 0 Å². The molecule has 0 aromatic carbocycles. The summed E-state index contributed by atoms with van der Waals surface area (Å²) in [7, 11) is -3.89. The van der Waals surface area contributed by atoms with Gasteiger partial charge in [0.2, 0.25) is 10.4 Å². The SMILES string of the molecule is CO[C@H]1[C@H](O[C@@H]2C=C3C(O)CC4(O)C(CCC5(C)C4[C@@H](OS(=O)(=O)[O-])[C@H](O)[C@@H]5[C@H](C)/C=C\C(CO)C(C)C)C3(C)CC2)OC[C@@H](O)[C@@H]1O.[Na+]. The molecule has 4 aliphatic carbocycles. The largest absolute Gasteiger partial charge is 1.00 e. The Kier molecular flexibility index (Phi) is 13.1. The van der Waals surface area contributed by atoms with Crippen molar-refractivity contribution in [1.29, 1.82) is 0 Å². The van der Waals surface area contributed by atoms with E-state index in [4.69, 9.17) is 18.4 Å². The Morgan fingerprint density at radius 3 is 2.33 bits per heavy atom. The van der Waals surface area contributed by atoms with E-state index in [0.717, 1.165) is 0 Å². The second-order valence-corrected chi connectivity index (χ2v) is 16.8. The smallest absolute Gasteiger partial charge is 0.726 e. The fraction of sp³-hybridized carbons (Fsp3) is 0.882. The van der Waals surface area contributed by atoms with Crippen LogP contribution in [-0.4, -0.2) is 119 Å². The third kappa shape index (κ3) is 7.54. The minimum Gasteiger partial charge on any atom is -0.726 e. The molecule has 1 heterocycles. The van der Waals surface area contributed by atoms with Crippen LogP contribution in [0.25, 0.3) is 0 Å². The predicted octanol–water partition coefficient (Wildman–Crippen LogP) is -1.98. The minimum absolute atomic E-state index is 0. The number of aliphatic hydroxyl groups is 6. The van der Waals surface area contributed by atoms with Crippen LogP contribution in [0.4, 0.5) is 0 Å². The molecule has 276 valence electrons. The van der Waals surface area contributed by atoms with Crippen LogP contribution in [0.1, 0.15) is 66.7 Å². The van der Waals surface area contributed by atoms with Gasteiger partial charge >= 0.3 is 29.6 Å². The molecule has 49 heavy (non-hydrogen) atoms. The normalized spacial score (nSPS) is 46.7. The average molecular weight is 727 g/mol. The van der Waals surface area contributed by atoms with Gasteiger partial charge in [0.25, 0.3) is 0 Å². The molecule has 15 heteroatoms. The van der Waals surface area contributed by atoms with E-state index in [1.54, 1.807) is 0 Å². The number of fused-ring (bicyclic) bond motifs is 5. The molecule has 16 atom stereocenters. The fourth-order valence-corrected chi connectivity index (χ4v) is 11.0. The van der Waals surface area contributed by atoms with Gasteiger partial charge in [-0.1, -0.05) is 52.8 Å². The van der Waals surface area contributed by atoms with E-state index in [1.165, 1.54) is 7.11 Å². The predicted molar refractivity (Wildman–Crippen MR) is 171 cm³/mol. The molecule has 0 radical (unpaired) electrons. The van der Waals surface area contributed by atoms with Crippen molar-refractivity contribution in [3.8, 4) is 0 Å². The molecule has 7 unspecified atom stereocenters. The summed E-state index contributed by atoms with van der Waals surface area (Å²) < 4.78 is 58.6. The molecule has 1 saturated heterocycles. The zero-order valence-corrected chi connectivity index (χ0v) is 32.5. The third-order valence-corrected chi connectivity index (χ3v) is 13.2. The summed E-state index contributed by atoms with van der Waals surface area (Å²) >= 11 is 0. The van der Waals surface area contributed by atoms with E-state index in [1.807, 2.05) is 52.8 Å². The zero-order chi connectivity index (χ0) is 35.6. The monoisotopic (exact) mass is 726 g/mol. The molecule has 1 aliphatic heterocycles. The quantitative estimate of drug-likeness (QED) is 0.0624. The number of aliphatic hydroxyl groups excluding tert-OH is 5. The van der Waals surface area contributed by atoms with Crippen LogP contribution in [0.2, 0.25) is 0 Å². The Morgan fingerprint density at radius 1 is 1.06 bits per heavy atom. The Bertz CT molecular complexity index is 1330. The van der Waals surface area contributed by atoms with E-state index < -0.39 is 93.6 Å². The Hall–Kier alpha value is -0.0100. The fourth-order valence-electron chi connectivity index (χ4n) is 10.5. The van der Waals surface area contributed by atoms with Crippen LogP contribution >= 0.6 is 0 Å². The summed E-state index contributed by atoms with van der Waals surface area (Å²) in [6.45, 7) is 9.57. The van der Waals surface area contributed by atoms with Crippen molar-refractivity contribution in [2.45, 2.75) is 121 Å². The first-order chi connectivity index (χ1) is 22.3. The maximum absolute atomic E-state index is 12.8. The third-order valence-electron chi connectivity index (χ3n) is 12.8. The van der Waals surface area contributed by atoms with Gasteiger partial charge in [-0.3, -0.25) is 4.18 Å². The molecule has 0 aromatic heterocycles. The van der Waals surface area contributed by atoms with E-state index in [9.17, 15) is 43.6 Å². The van der Waals surface area contributed by atoms with Gasteiger partial charge < -0.3 is 49.4 Å². The molecule has 6 N–H and O–H groups in total. The summed E-state index contributed by atoms with van der Waals surface area (Å²) in [5.41, 5.74) is -2.63. The van der Waals surface area contributed by atoms with Gasteiger partial charge in [-0.05, 0) is 65.8 Å². The van der Waals surface area contributed by atoms with E-state index in [2.05, 4.69) is 0 Å². The molecular formula is C34H55NaO13S. The van der Waals surface area contributed by atoms with Crippen molar-refractivity contribution < 1.29 is 91.6 Å². The van der Waals surface area contributed by atoms with E-state index in [0.29, 0.717) is 31.3 Å². The van der Waals surface area contributed by atoms with Crippen LogP contribution in [0.5, 0.6) is 0 Å². The number of methoxy groups -OCH3 is 1. The van der Waals surface area contributed by atoms with Crippen LogP contribution < -0.4 is 29.6 Å². The topological polar surface area (TPSA) is 215 Å². The van der Waals surface area contributed by atoms with E-state index in [-0.39, 0.29) is 66.9 Å². The van der Waals surface area contributed by atoms with Gasteiger partial charge in [-0.2, -0.15) is 0 Å². The second kappa shape index (κ2) is 15.4. The molecule has 5 rings (SSSR count). The summed E-state index contributed by atoms with van der Waals surface area (Å²) in [5.74, 6) is -2.33.